The summed E-state index contributed by atoms with van der Waals surface area (Å²) in [4.78, 5) is 16.4. The van der Waals surface area contributed by atoms with E-state index < -0.39 is 5.41 Å². The highest BCUT2D eigenvalue weighted by Crippen LogP contribution is 2.46. The summed E-state index contributed by atoms with van der Waals surface area (Å²) in [5.74, 6) is 0.0709. The maximum atomic E-state index is 12.2. The lowest BCUT2D eigenvalue weighted by Crippen LogP contribution is -2.54. The fourth-order valence-electron chi connectivity index (χ4n) is 2.37. The Labute approximate surface area is 96.8 Å². The lowest BCUT2D eigenvalue weighted by molar-refractivity contribution is -0.137. The average molecular weight is 221 g/mol. The standard InChI is InChI=1S/C12H19N3O/c1-3-10-8-15(7-6-14(10)2)11(16)12(9-13)4-5-12/h10H,3-8H2,1-2H3. The molecule has 0 spiro atoms. The number of carbonyl (C=O) groups excluding carboxylic acids is 1. The lowest BCUT2D eigenvalue weighted by Gasteiger charge is -2.39. The van der Waals surface area contributed by atoms with E-state index in [-0.39, 0.29) is 5.91 Å². The Balaban J connectivity index is 2.01. The van der Waals surface area contributed by atoms with Crippen molar-refractivity contribution in [3.05, 3.63) is 0 Å². The van der Waals surface area contributed by atoms with E-state index in [0.717, 1.165) is 38.9 Å². The topological polar surface area (TPSA) is 47.3 Å². The van der Waals surface area contributed by atoms with E-state index in [9.17, 15) is 4.79 Å². The van der Waals surface area contributed by atoms with E-state index in [1.54, 1.807) is 0 Å². The van der Waals surface area contributed by atoms with E-state index in [1.807, 2.05) is 4.90 Å². The zero-order valence-corrected chi connectivity index (χ0v) is 10.1. The Morgan fingerprint density at radius 3 is 2.69 bits per heavy atom. The number of nitrogens with zero attached hydrogens (tertiary/aromatic N) is 3. The average Bonchev–Trinajstić information content (AvgIpc) is 3.09. The van der Waals surface area contributed by atoms with Gasteiger partial charge in [-0.15, -0.1) is 0 Å². The minimum absolute atomic E-state index is 0.0709. The third kappa shape index (κ3) is 1.80. The Morgan fingerprint density at radius 2 is 2.19 bits per heavy atom. The van der Waals surface area contributed by atoms with Crippen molar-refractivity contribution < 1.29 is 4.79 Å². The van der Waals surface area contributed by atoms with Crippen LogP contribution < -0.4 is 0 Å². The van der Waals surface area contributed by atoms with Crippen molar-refractivity contribution in [2.45, 2.75) is 32.2 Å². The molecule has 88 valence electrons. The van der Waals surface area contributed by atoms with Gasteiger partial charge in [0.25, 0.3) is 0 Å². The fourth-order valence-corrected chi connectivity index (χ4v) is 2.37. The number of hydrogen-bond donors (Lipinski definition) is 0. The van der Waals surface area contributed by atoms with Gasteiger partial charge in [-0.3, -0.25) is 9.69 Å². The van der Waals surface area contributed by atoms with Crippen LogP contribution in [-0.4, -0.2) is 48.4 Å². The summed E-state index contributed by atoms with van der Waals surface area (Å²) >= 11 is 0. The van der Waals surface area contributed by atoms with Crippen LogP contribution in [0.2, 0.25) is 0 Å². The van der Waals surface area contributed by atoms with Crippen molar-refractivity contribution in [1.29, 1.82) is 5.26 Å². The molecule has 16 heavy (non-hydrogen) atoms. The predicted molar refractivity (Wildman–Crippen MR) is 60.6 cm³/mol. The van der Waals surface area contributed by atoms with Gasteiger partial charge < -0.3 is 4.90 Å². The predicted octanol–water partition coefficient (Wildman–Crippen LogP) is 0.843. The second-order valence-electron chi connectivity index (χ2n) is 4.99. The first-order valence-electron chi connectivity index (χ1n) is 6.04. The third-order valence-electron chi connectivity index (χ3n) is 3.91. The molecule has 4 nitrogen and oxygen atoms in total. The van der Waals surface area contributed by atoms with Crippen LogP contribution in [0.1, 0.15) is 26.2 Å². The summed E-state index contributed by atoms with van der Waals surface area (Å²) in [7, 11) is 2.10. The first-order chi connectivity index (χ1) is 7.63. The van der Waals surface area contributed by atoms with Gasteiger partial charge in [0.15, 0.2) is 0 Å². The molecule has 1 heterocycles. The van der Waals surface area contributed by atoms with Gasteiger partial charge in [0.2, 0.25) is 5.91 Å². The quantitative estimate of drug-likeness (QED) is 0.694. The molecule has 2 fully saturated rings. The van der Waals surface area contributed by atoms with Crippen molar-refractivity contribution in [3.8, 4) is 6.07 Å². The molecule has 4 heteroatoms. The van der Waals surface area contributed by atoms with Crippen LogP contribution in [0, 0.1) is 16.7 Å². The van der Waals surface area contributed by atoms with Gasteiger partial charge in [0.1, 0.15) is 5.41 Å². The molecule has 1 unspecified atom stereocenters. The molecule has 0 bridgehead atoms. The van der Waals surface area contributed by atoms with Crippen LogP contribution in [0.25, 0.3) is 0 Å². The van der Waals surface area contributed by atoms with E-state index >= 15 is 0 Å². The first-order valence-corrected chi connectivity index (χ1v) is 6.04. The molecule has 2 aliphatic rings. The molecule has 1 amide bonds. The number of hydrogen-bond acceptors (Lipinski definition) is 3. The molecule has 1 saturated carbocycles. The van der Waals surface area contributed by atoms with Gasteiger partial charge >= 0.3 is 0 Å². The third-order valence-corrected chi connectivity index (χ3v) is 3.91. The van der Waals surface area contributed by atoms with Crippen LogP contribution in [0.5, 0.6) is 0 Å². The van der Waals surface area contributed by atoms with Gasteiger partial charge in [0, 0.05) is 25.7 Å². The zero-order chi connectivity index (χ0) is 11.8. The van der Waals surface area contributed by atoms with Crippen molar-refractivity contribution in [1.82, 2.24) is 9.80 Å². The summed E-state index contributed by atoms with van der Waals surface area (Å²) in [5, 5.41) is 9.02. The van der Waals surface area contributed by atoms with Gasteiger partial charge in [-0.25, -0.2) is 0 Å². The Kier molecular flexibility index (Phi) is 2.90. The van der Waals surface area contributed by atoms with Crippen LogP contribution in [0.4, 0.5) is 0 Å². The number of rotatable bonds is 2. The molecule has 0 N–H and O–H groups in total. The van der Waals surface area contributed by atoms with Gasteiger partial charge in [0.05, 0.1) is 6.07 Å². The molecule has 1 saturated heterocycles. The number of piperazine rings is 1. The fraction of sp³-hybridized carbons (Fsp3) is 0.833. The molecule has 1 aliphatic heterocycles. The monoisotopic (exact) mass is 221 g/mol. The van der Waals surface area contributed by atoms with Crippen LogP contribution >= 0.6 is 0 Å². The molecule has 0 aromatic rings. The zero-order valence-electron chi connectivity index (χ0n) is 10.1. The summed E-state index contributed by atoms with van der Waals surface area (Å²) in [6, 6.07) is 2.64. The highest BCUT2D eigenvalue weighted by molar-refractivity contribution is 5.88. The number of nitriles is 1. The molecule has 1 aliphatic carbocycles. The Bertz CT molecular complexity index is 330. The SMILES string of the molecule is CCC1CN(C(=O)C2(C#N)CC2)CCN1C. The van der Waals surface area contributed by atoms with E-state index in [0.29, 0.717) is 6.04 Å². The van der Waals surface area contributed by atoms with Crippen molar-refractivity contribution >= 4 is 5.91 Å². The first kappa shape index (κ1) is 11.4. The summed E-state index contributed by atoms with van der Waals surface area (Å²) in [6.45, 7) is 4.63. The minimum Gasteiger partial charge on any atom is -0.338 e. The van der Waals surface area contributed by atoms with Crippen molar-refractivity contribution in [3.63, 3.8) is 0 Å². The second kappa shape index (κ2) is 4.06. The van der Waals surface area contributed by atoms with Crippen LogP contribution in [-0.2, 0) is 4.79 Å². The lowest BCUT2D eigenvalue weighted by atomic mass is 10.0. The summed E-state index contributed by atoms with van der Waals surface area (Å²) < 4.78 is 0. The molecule has 2 rings (SSSR count). The number of carbonyl (C=O) groups is 1. The van der Waals surface area contributed by atoms with E-state index in [2.05, 4.69) is 24.9 Å². The summed E-state index contributed by atoms with van der Waals surface area (Å²) in [5.41, 5.74) is -0.645. The Morgan fingerprint density at radius 1 is 1.50 bits per heavy atom. The molecule has 1 atom stereocenters. The second-order valence-corrected chi connectivity index (χ2v) is 4.99. The van der Waals surface area contributed by atoms with E-state index in [4.69, 9.17) is 5.26 Å². The minimum atomic E-state index is -0.645. The number of likely N-dealkylation sites (N-methyl/N-ethyl adjacent to an activating group) is 1. The summed E-state index contributed by atoms with van der Waals surface area (Å²) in [6.07, 6.45) is 2.57. The van der Waals surface area contributed by atoms with Crippen molar-refractivity contribution in [2.75, 3.05) is 26.7 Å². The highest BCUT2D eigenvalue weighted by atomic mass is 16.2. The van der Waals surface area contributed by atoms with Crippen molar-refractivity contribution in [2.24, 2.45) is 5.41 Å². The van der Waals surface area contributed by atoms with Gasteiger partial charge in [-0.1, -0.05) is 6.92 Å². The largest absolute Gasteiger partial charge is 0.338 e. The van der Waals surface area contributed by atoms with Crippen LogP contribution in [0.15, 0.2) is 0 Å². The molecule has 0 aromatic heterocycles. The van der Waals surface area contributed by atoms with E-state index in [1.165, 1.54) is 0 Å². The van der Waals surface area contributed by atoms with Crippen LogP contribution in [0.3, 0.4) is 0 Å². The molecule has 0 aromatic carbocycles. The maximum absolute atomic E-state index is 12.2. The molecular formula is C12H19N3O. The Hall–Kier alpha value is -1.08. The maximum Gasteiger partial charge on any atom is 0.243 e. The van der Waals surface area contributed by atoms with Gasteiger partial charge in [-0.05, 0) is 26.3 Å². The molecule has 0 radical (unpaired) electrons. The normalized spacial score (nSPS) is 28.6. The number of amides is 1. The smallest absolute Gasteiger partial charge is 0.243 e. The highest BCUT2D eigenvalue weighted by Gasteiger charge is 2.53. The van der Waals surface area contributed by atoms with Gasteiger partial charge in [-0.2, -0.15) is 5.26 Å². The molecular weight excluding hydrogens is 202 g/mol.